The second-order valence-corrected chi connectivity index (χ2v) is 5.08. The van der Waals surface area contributed by atoms with Crippen LogP contribution in [0.25, 0.3) is 0 Å². The molecular weight excluding hydrogens is 270 g/mol. The highest BCUT2D eigenvalue weighted by atomic mass is 35.5. The van der Waals surface area contributed by atoms with Gasteiger partial charge in [0.25, 0.3) is 0 Å². The van der Waals surface area contributed by atoms with Gasteiger partial charge >= 0.3 is 0 Å². The fraction of sp³-hybridized carbons (Fsp3) is 0.250. The van der Waals surface area contributed by atoms with E-state index < -0.39 is 0 Å². The second kappa shape index (κ2) is 6.04. The molecule has 0 spiro atoms. The van der Waals surface area contributed by atoms with Crippen molar-refractivity contribution in [3.8, 4) is 11.8 Å². The molecule has 4 heteroatoms. The highest BCUT2D eigenvalue weighted by molar-refractivity contribution is 6.31. The highest BCUT2D eigenvalue weighted by Crippen LogP contribution is 2.24. The van der Waals surface area contributed by atoms with Crippen molar-refractivity contribution in [1.29, 1.82) is 0 Å². The van der Waals surface area contributed by atoms with Crippen molar-refractivity contribution in [1.82, 2.24) is 15.5 Å². The van der Waals surface area contributed by atoms with E-state index in [0.717, 1.165) is 31.5 Å². The zero-order valence-corrected chi connectivity index (χ0v) is 11.7. The molecule has 3 rings (SSSR count). The Morgan fingerprint density at radius 3 is 2.85 bits per heavy atom. The summed E-state index contributed by atoms with van der Waals surface area (Å²) in [5.41, 5.74) is 4.19. The molecule has 100 valence electrons. The van der Waals surface area contributed by atoms with Gasteiger partial charge in [-0.1, -0.05) is 23.6 Å². The standard InChI is InChI=1S/C16H14ClN3/c17-16-6-3-12-7-10-18-11-8-14(12)15(16)5-4-13-2-1-9-19-20-13/h1-3,6,9,18H,7-8,10-11H2. The van der Waals surface area contributed by atoms with Gasteiger partial charge < -0.3 is 5.32 Å². The largest absolute Gasteiger partial charge is 0.316 e. The van der Waals surface area contributed by atoms with Crippen LogP contribution in [0.15, 0.2) is 30.5 Å². The van der Waals surface area contributed by atoms with Gasteiger partial charge in [-0.25, -0.2) is 0 Å². The van der Waals surface area contributed by atoms with Gasteiger partial charge in [-0.2, -0.15) is 5.10 Å². The molecule has 0 fully saturated rings. The molecule has 2 heterocycles. The highest BCUT2D eigenvalue weighted by Gasteiger charge is 2.13. The van der Waals surface area contributed by atoms with Gasteiger partial charge in [-0.15, -0.1) is 5.10 Å². The molecule has 0 aliphatic carbocycles. The lowest BCUT2D eigenvalue weighted by atomic mass is 9.97. The molecular formula is C16H14ClN3. The number of hydrogen-bond acceptors (Lipinski definition) is 3. The van der Waals surface area contributed by atoms with E-state index in [9.17, 15) is 0 Å². The van der Waals surface area contributed by atoms with Crippen molar-refractivity contribution in [2.24, 2.45) is 0 Å². The quantitative estimate of drug-likeness (QED) is 0.754. The maximum atomic E-state index is 6.32. The fourth-order valence-electron chi connectivity index (χ4n) is 2.37. The number of nitrogens with one attached hydrogen (secondary N) is 1. The van der Waals surface area contributed by atoms with Gasteiger partial charge in [-0.3, -0.25) is 0 Å². The summed E-state index contributed by atoms with van der Waals surface area (Å²) in [6.07, 6.45) is 3.62. The van der Waals surface area contributed by atoms with E-state index in [0.29, 0.717) is 10.7 Å². The Morgan fingerprint density at radius 2 is 2.00 bits per heavy atom. The van der Waals surface area contributed by atoms with Crippen LogP contribution in [0, 0.1) is 11.8 Å². The van der Waals surface area contributed by atoms with Gasteiger partial charge in [-0.05, 0) is 61.2 Å². The Balaban J connectivity index is 2.03. The van der Waals surface area contributed by atoms with E-state index in [1.165, 1.54) is 11.1 Å². The Morgan fingerprint density at radius 1 is 1.10 bits per heavy atom. The third kappa shape index (κ3) is 2.82. The van der Waals surface area contributed by atoms with Crippen molar-refractivity contribution in [3.05, 3.63) is 57.9 Å². The average Bonchev–Trinajstić information content (AvgIpc) is 2.73. The number of aromatic nitrogens is 2. The number of halogens is 1. The van der Waals surface area contributed by atoms with Crippen molar-refractivity contribution >= 4 is 11.6 Å². The topological polar surface area (TPSA) is 37.8 Å². The van der Waals surface area contributed by atoms with Crippen LogP contribution in [-0.2, 0) is 12.8 Å². The van der Waals surface area contributed by atoms with Gasteiger partial charge in [0.1, 0.15) is 5.69 Å². The average molecular weight is 284 g/mol. The van der Waals surface area contributed by atoms with Gasteiger partial charge in [0.2, 0.25) is 0 Å². The maximum absolute atomic E-state index is 6.32. The van der Waals surface area contributed by atoms with Crippen molar-refractivity contribution in [2.75, 3.05) is 13.1 Å². The molecule has 0 saturated heterocycles. The Hall–Kier alpha value is -1.89. The van der Waals surface area contributed by atoms with Crippen molar-refractivity contribution < 1.29 is 0 Å². The molecule has 0 radical (unpaired) electrons. The number of hydrogen-bond donors (Lipinski definition) is 1. The molecule has 1 aliphatic heterocycles. The van der Waals surface area contributed by atoms with Gasteiger partial charge in [0, 0.05) is 11.8 Å². The molecule has 1 aromatic heterocycles. The van der Waals surface area contributed by atoms with Gasteiger partial charge in [0.05, 0.1) is 5.02 Å². The summed E-state index contributed by atoms with van der Waals surface area (Å²) < 4.78 is 0. The molecule has 0 bridgehead atoms. The first-order valence-corrected chi connectivity index (χ1v) is 7.03. The van der Waals surface area contributed by atoms with E-state index in [1.54, 1.807) is 6.20 Å². The maximum Gasteiger partial charge on any atom is 0.136 e. The zero-order valence-electron chi connectivity index (χ0n) is 11.0. The monoisotopic (exact) mass is 283 g/mol. The summed E-state index contributed by atoms with van der Waals surface area (Å²) in [5.74, 6) is 6.22. The predicted molar refractivity (Wildman–Crippen MR) is 79.7 cm³/mol. The molecule has 0 atom stereocenters. The van der Waals surface area contributed by atoms with E-state index >= 15 is 0 Å². The third-order valence-corrected chi connectivity index (χ3v) is 3.68. The first kappa shape index (κ1) is 13.1. The smallest absolute Gasteiger partial charge is 0.136 e. The molecule has 0 unspecified atom stereocenters. The van der Waals surface area contributed by atoms with Crippen LogP contribution in [-0.4, -0.2) is 23.3 Å². The Labute approximate surface area is 123 Å². The zero-order chi connectivity index (χ0) is 13.8. The first-order chi connectivity index (χ1) is 9.84. The van der Waals surface area contributed by atoms with E-state index in [-0.39, 0.29) is 0 Å². The van der Waals surface area contributed by atoms with Gasteiger partial charge in [0.15, 0.2) is 0 Å². The summed E-state index contributed by atoms with van der Waals surface area (Å²) in [6.45, 7) is 1.97. The van der Waals surface area contributed by atoms with Crippen LogP contribution in [0.2, 0.25) is 5.02 Å². The molecule has 20 heavy (non-hydrogen) atoms. The summed E-state index contributed by atoms with van der Waals surface area (Å²) >= 11 is 6.32. The second-order valence-electron chi connectivity index (χ2n) is 4.67. The number of rotatable bonds is 0. The summed E-state index contributed by atoms with van der Waals surface area (Å²) in [4.78, 5) is 0. The molecule has 1 aliphatic rings. The molecule has 2 aromatic rings. The minimum absolute atomic E-state index is 0.660. The van der Waals surface area contributed by atoms with E-state index in [1.807, 2.05) is 18.2 Å². The molecule has 1 aromatic carbocycles. The van der Waals surface area contributed by atoms with Crippen LogP contribution < -0.4 is 5.32 Å². The molecule has 0 saturated carbocycles. The molecule has 1 N–H and O–H groups in total. The summed E-state index contributed by atoms with van der Waals surface area (Å²) in [7, 11) is 0. The lowest BCUT2D eigenvalue weighted by Gasteiger charge is -2.09. The predicted octanol–water partition coefficient (Wildman–Crippen LogP) is 2.22. The summed E-state index contributed by atoms with van der Waals surface area (Å²) in [6, 6.07) is 7.72. The van der Waals surface area contributed by atoms with E-state index in [4.69, 9.17) is 11.6 Å². The van der Waals surface area contributed by atoms with Crippen LogP contribution >= 0.6 is 11.6 Å². The third-order valence-electron chi connectivity index (χ3n) is 3.37. The number of benzene rings is 1. The van der Waals surface area contributed by atoms with E-state index in [2.05, 4.69) is 33.4 Å². The van der Waals surface area contributed by atoms with Crippen molar-refractivity contribution in [2.45, 2.75) is 12.8 Å². The molecule has 3 nitrogen and oxygen atoms in total. The van der Waals surface area contributed by atoms with Crippen LogP contribution in [0.1, 0.15) is 22.4 Å². The number of fused-ring (bicyclic) bond motifs is 1. The first-order valence-electron chi connectivity index (χ1n) is 6.65. The molecule has 0 amide bonds. The van der Waals surface area contributed by atoms with Crippen LogP contribution in [0.3, 0.4) is 0 Å². The summed E-state index contributed by atoms with van der Waals surface area (Å²) in [5, 5.41) is 11.9. The normalized spacial score (nSPS) is 13.8. The number of nitrogens with zero attached hydrogens (tertiary/aromatic N) is 2. The lowest BCUT2D eigenvalue weighted by molar-refractivity contribution is 0.711. The minimum Gasteiger partial charge on any atom is -0.316 e. The Kier molecular flexibility index (Phi) is 3.96. The Bertz CT molecular complexity index is 671. The minimum atomic E-state index is 0.660. The fourth-order valence-corrected chi connectivity index (χ4v) is 2.60. The van der Waals surface area contributed by atoms with Crippen LogP contribution in [0.5, 0.6) is 0 Å². The van der Waals surface area contributed by atoms with Crippen molar-refractivity contribution in [3.63, 3.8) is 0 Å². The van der Waals surface area contributed by atoms with Crippen LogP contribution in [0.4, 0.5) is 0 Å². The SMILES string of the molecule is Clc1ccc2c(c1C#Cc1cccnn1)CCNCC2. The lowest BCUT2D eigenvalue weighted by Crippen LogP contribution is -2.16.